The number of aryl methyl sites for hydroxylation is 2. The number of carbonyl (C=O) groups is 1. The average molecular weight is 333 g/mol. The Hall–Kier alpha value is -2.38. The molecule has 0 fully saturated rings. The van der Waals surface area contributed by atoms with Crippen molar-refractivity contribution < 1.29 is 19.7 Å². The Bertz CT molecular complexity index is 662. The van der Waals surface area contributed by atoms with Crippen LogP contribution in [0.1, 0.15) is 30.0 Å². The second kappa shape index (κ2) is 7.94. The monoisotopic (exact) mass is 333 g/mol. The zero-order valence-electron chi connectivity index (χ0n) is 14.1. The van der Waals surface area contributed by atoms with Gasteiger partial charge in [-0.05, 0) is 39.0 Å². The highest BCUT2D eigenvalue weighted by atomic mass is 16.6. The van der Waals surface area contributed by atoms with Crippen molar-refractivity contribution in [3.63, 3.8) is 0 Å². The summed E-state index contributed by atoms with van der Waals surface area (Å²) in [6.45, 7) is 5.27. The van der Waals surface area contributed by atoms with Gasteiger partial charge in [0.25, 0.3) is 0 Å². The molecule has 24 heavy (non-hydrogen) atoms. The number of hydrogen-bond donors (Lipinski definition) is 3. The number of ether oxygens (including phenoxy) is 1. The van der Waals surface area contributed by atoms with E-state index in [4.69, 9.17) is 9.84 Å². The number of rotatable bonds is 6. The van der Waals surface area contributed by atoms with Gasteiger partial charge in [0, 0.05) is 23.1 Å². The molecule has 2 heterocycles. The maximum atomic E-state index is 11.5. The largest absolute Gasteiger partial charge is 0.446 e. The number of aliphatic hydroxyl groups excluding tert-OH is 2. The van der Waals surface area contributed by atoms with Gasteiger partial charge in [0.1, 0.15) is 18.5 Å². The standard InChI is InChI=1S/C17H23N3O4/c1-11(9-21)19-17(23)24-10-15(22)14-6-7-16(18-8-14)20-12(2)4-5-13(20)3/h4-8,11,15,21-22H,9-10H2,1-3H3,(H,19,23)/t11-,15+/m0/s1. The maximum Gasteiger partial charge on any atom is 0.407 e. The van der Waals surface area contributed by atoms with E-state index in [1.165, 1.54) is 0 Å². The molecule has 0 unspecified atom stereocenters. The number of nitrogens with zero attached hydrogens (tertiary/aromatic N) is 2. The lowest BCUT2D eigenvalue weighted by molar-refractivity contribution is 0.0652. The molecule has 0 bridgehead atoms. The molecule has 0 saturated heterocycles. The van der Waals surface area contributed by atoms with E-state index in [-0.39, 0.29) is 13.2 Å². The van der Waals surface area contributed by atoms with E-state index >= 15 is 0 Å². The highest BCUT2D eigenvalue weighted by Gasteiger charge is 2.14. The van der Waals surface area contributed by atoms with Crippen LogP contribution in [0.15, 0.2) is 30.5 Å². The smallest absolute Gasteiger partial charge is 0.407 e. The van der Waals surface area contributed by atoms with Gasteiger partial charge in [-0.15, -0.1) is 0 Å². The molecule has 130 valence electrons. The SMILES string of the molecule is Cc1ccc(C)n1-c1ccc([C@H](O)COC(=O)N[C@@H](C)CO)cn1. The van der Waals surface area contributed by atoms with Crippen LogP contribution in [0.5, 0.6) is 0 Å². The van der Waals surface area contributed by atoms with E-state index in [9.17, 15) is 9.90 Å². The van der Waals surface area contributed by atoms with Crippen molar-refractivity contribution in [3.05, 3.63) is 47.4 Å². The molecule has 3 N–H and O–H groups in total. The van der Waals surface area contributed by atoms with Gasteiger partial charge >= 0.3 is 6.09 Å². The molecule has 0 aliphatic rings. The Labute approximate surface area is 140 Å². The van der Waals surface area contributed by atoms with Crippen LogP contribution in [0, 0.1) is 13.8 Å². The molecule has 2 atom stereocenters. The Morgan fingerprint density at radius 2 is 1.96 bits per heavy atom. The molecular weight excluding hydrogens is 310 g/mol. The number of alkyl carbamates (subject to hydrolysis) is 1. The fraction of sp³-hybridized carbons (Fsp3) is 0.412. The second-order valence-corrected chi connectivity index (χ2v) is 5.74. The van der Waals surface area contributed by atoms with Crippen LogP contribution in [0.25, 0.3) is 5.82 Å². The lowest BCUT2D eigenvalue weighted by Gasteiger charge is -2.15. The van der Waals surface area contributed by atoms with Crippen molar-refractivity contribution >= 4 is 6.09 Å². The van der Waals surface area contributed by atoms with Crippen LogP contribution < -0.4 is 5.32 Å². The summed E-state index contributed by atoms with van der Waals surface area (Å²) in [5, 5.41) is 21.4. The van der Waals surface area contributed by atoms with Gasteiger partial charge in [0.15, 0.2) is 0 Å². The number of amides is 1. The van der Waals surface area contributed by atoms with Crippen LogP contribution in [-0.4, -0.2) is 45.1 Å². The first-order chi connectivity index (χ1) is 11.4. The van der Waals surface area contributed by atoms with Crippen LogP contribution in [0.3, 0.4) is 0 Å². The molecule has 0 aromatic carbocycles. The van der Waals surface area contributed by atoms with Gasteiger partial charge in [-0.3, -0.25) is 0 Å². The predicted molar refractivity (Wildman–Crippen MR) is 89.0 cm³/mol. The molecular formula is C17H23N3O4. The van der Waals surface area contributed by atoms with Crippen molar-refractivity contribution in [3.8, 4) is 5.82 Å². The molecule has 1 amide bonds. The Balaban J connectivity index is 1.96. The third kappa shape index (κ3) is 4.33. The third-order valence-electron chi connectivity index (χ3n) is 3.67. The van der Waals surface area contributed by atoms with Crippen molar-refractivity contribution in [1.82, 2.24) is 14.9 Å². The number of hydrogen-bond acceptors (Lipinski definition) is 5. The number of carbonyl (C=O) groups excluding carboxylic acids is 1. The summed E-state index contributed by atoms with van der Waals surface area (Å²) >= 11 is 0. The first-order valence-electron chi connectivity index (χ1n) is 7.76. The van der Waals surface area contributed by atoms with E-state index in [1.807, 2.05) is 36.6 Å². The van der Waals surface area contributed by atoms with Gasteiger partial charge in [-0.25, -0.2) is 9.78 Å². The zero-order valence-corrected chi connectivity index (χ0v) is 14.1. The normalized spacial score (nSPS) is 13.4. The molecule has 0 aliphatic carbocycles. The van der Waals surface area contributed by atoms with Gasteiger partial charge < -0.3 is 24.8 Å². The quantitative estimate of drug-likeness (QED) is 0.746. The highest BCUT2D eigenvalue weighted by Crippen LogP contribution is 2.17. The number of aliphatic hydroxyl groups is 2. The first kappa shape index (κ1) is 18.0. The minimum absolute atomic E-state index is 0.179. The third-order valence-corrected chi connectivity index (χ3v) is 3.67. The van der Waals surface area contributed by atoms with Gasteiger partial charge in [0.2, 0.25) is 0 Å². The summed E-state index contributed by atoms with van der Waals surface area (Å²) in [4.78, 5) is 15.8. The number of nitrogens with one attached hydrogen (secondary N) is 1. The van der Waals surface area contributed by atoms with E-state index in [1.54, 1.807) is 19.2 Å². The first-order valence-corrected chi connectivity index (χ1v) is 7.76. The minimum atomic E-state index is -0.964. The molecule has 0 radical (unpaired) electrons. The predicted octanol–water partition coefficient (Wildman–Crippen LogP) is 1.63. The summed E-state index contributed by atoms with van der Waals surface area (Å²) in [5.74, 6) is 0.765. The summed E-state index contributed by atoms with van der Waals surface area (Å²) in [5.41, 5.74) is 2.71. The summed E-state index contributed by atoms with van der Waals surface area (Å²) in [6.07, 6.45) is -0.0800. The van der Waals surface area contributed by atoms with Crippen molar-refractivity contribution in [1.29, 1.82) is 0 Å². The zero-order chi connectivity index (χ0) is 17.7. The number of aromatic nitrogens is 2. The second-order valence-electron chi connectivity index (χ2n) is 5.74. The van der Waals surface area contributed by atoms with E-state index in [0.29, 0.717) is 5.56 Å². The molecule has 0 saturated carbocycles. The Morgan fingerprint density at radius 3 is 2.50 bits per heavy atom. The van der Waals surface area contributed by atoms with Crippen LogP contribution in [0.2, 0.25) is 0 Å². The van der Waals surface area contributed by atoms with Gasteiger partial charge in [-0.2, -0.15) is 0 Å². The van der Waals surface area contributed by atoms with Crippen LogP contribution >= 0.6 is 0 Å². The molecule has 2 aromatic heterocycles. The molecule has 7 heteroatoms. The Kier molecular flexibility index (Phi) is 5.94. The van der Waals surface area contributed by atoms with E-state index < -0.39 is 18.2 Å². The van der Waals surface area contributed by atoms with Gasteiger partial charge in [-0.1, -0.05) is 6.07 Å². The lowest BCUT2D eigenvalue weighted by atomic mass is 10.2. The Morgan fingerprint density at radius 1 is 1.29 bits per heavy atom. The van der Waals surface area contributed by atoms with Crippen LogP contribution in [-0.2, 0) is 4.74 Å². The van der Waals surface area contributed by atoms with Crippen molar-refractivity contribution in [2.45, 2.75) is 32.9 Å². The van der Waals surface area contributed by atoms with Crippen LogP contribution in [0.4, 0.5) is 4.79 Å². The van der Waals surface area contributed by atoms with Crippen molar-refractivity contribution in [2.75, 3.05) is 13.2 Å². The van der Waals surface area contributed by atoms with E-state index in [2.05, 4.69) is 10.3 Å². The summed E-state index contributed by atoms with van der Waals surface area (Å²) < 4.78 is 6.94. The summed E-state index contributed by atoms with van der Waals surface area (Å²) in [6, 6.07) is 7.19. The van der Waals surface area contributed by atoms with E-state index in [0.717, 1.165) is 17.2 Å². The van der Waals surface area contributed by atoms with Gasteiger partial charge in [0.05, 0.1) is 12.6 Å². The summed E-state index contributed by atoms with van der Waals surface area (Å²) in [7, 11) is 0. The molecule has 0 aliphatic heterocycles. The molecule has 7 nitrogen and oxygen atoms in total. The molecule has 2 rings (SSSR count). The molecule has 2 aromatic rings. The topological polar surface area (TPSA) is 96.6 Å². The maximum absolute atomic E-state index is 11.5. The fourth-order valence-electron chi connectivity index (χ4n) is 2.30. The molecule has 0 spiro atoms. The minimum Gasteiger partial charge on any atom is -0.446 e. The van der Waals surface area contributed by atoms with Crippen molar-refractivity contribution in [2.24, 2.45) is 0 Å². The lowest BCUT2D eigenvalue weighted by Crippen LogP contribution is -2.36. The highest BCUT2D eigenvalue weighted by molar-refractivity contribution is 5.67. The fourth-order valence-corrected chi connectivity index (χ4v) is 2.30. The average Bonchev–Trinajstić information content (AvgIpc) is 2.91. The number of pyridine rings is 1.